The van der Waals surface area contributed by atoms with E-state index in [1.165, 1.54) is 0 Å². The molecule has 0 aliphatic rings. The predicted molar refractivity (Wildman–Crippen MR) is 84.2 cm³/mol. The van der Waals surface area contributed by atoms with Crippen molar-refractivity contribution in [1.82, 2.24) is 14.7 Å². The molecule has 0 fully saturated rings. The van der Waals surface area contributed by atoms with Crippen LogP contribution in [0.15, 0.2) is 39.2 Å². The van der Waals surface area contributed by atoms with E-state index in [9.17, 15) is 0 Å². The summed E-state index contributed by atoms with van der Waals surface area (Å²) in [5.74, 6) is 0. The van der Waals surface area contributed by atoms with E-state index in [0.29, 0.717) is 0 Å². The van der Waals surface area contributed by atoms with E-state index in [4.69, 9.17) is 4.42 Å². The lowest BCUT2D eigenvalue weighted by atomic mass is 10.1. The fourth-order valence-electron chi connectivity index (χ4n) is 2.25. The molecule has 1 unspecified atom stereocenters. The minimum atomic E-state index is 0.215. The molecule has 3 aromatic heterocycles. The average molecular weight is 354 g/mol. The number of thiazole rings is 1. The lowest BCUT2D eigenvalue weighted by Gasteiger charge is -2.16. The van der Waals surface area contributed by atoms with E-state index >= 15 is 0 Å². The zero-order valence-electron chi connectivity index (χ0n) is 11.2. The van der Waals surface area contributed by atoms with Crippen molar-refractivity contribution in [2.75, 3.05) is 6.54 Å². The van der Waals surface area contributed by atoms with Crippen LogP contribution in [0.5, 0.6) is 0 Å². The highest BCUT2D eigenvalue weighted by atomic mass is 79.9. The van der Waals surface area contributed by atoms with Crippen molar-refractivity contribution < 1.29 is 4.42 Å². The van der Waals surface area contributed by atoms with Gasteiger partial charge in [0.1, 0.15) is 0 Å². The minimum Gasteiger partial charge on any atom is -0.457 e. The van der Waals surface area contributed by atoms with Gasteiger partial charge in [0.05, 0.1) is 12.0 Å². The number of imidazole rings is 1. The first-order valence-electron chi connectivity index (χ1n) is 6.65. The maximum absolute atomic E-state index is 5.36. The summed E-state index contributed by atoms with van der Waals surface area (Å²) in [6.45, 7) is 3.14. The second kappa shape index (κ2) is 6.11. The lowest BCUT2D eigenvalue weighted by molar-refractivity contribution is 0.496. The standard InChI is InChI=1S/C14H16BrN3OS/c1-2-4-16-12(11-3-6-19-13(11)15)8-10-9-18-5-7-20-14(18)17-10/h3,5-7,9,12,16H,2,4,8H2,1H3. The number of halogens is 1. The van der Waals surface area contributed by atoms with Crippen molar-refractivity contribution in [3.05, 3.63) is 46.0 Å². The SMILES string of the molecule is CCCNC(Cc1cn2ccsc2n1)c1ccoc1Br. The molecule has 0 saturated heterocycles. The first kappa shape index (κ1) is 13.9. The van der Waals surface area contributed by atoms with Crippen LogP contribution < -0.4 is 5.32 Å². The van der Waals surface area contributed by atoms with Gasteiger partial charge >= 0.3 is 0 Å². The molecule has 0 saturated carbocycles. The van der Waals surface area contributed by atoms with E-state index in [-0.39, 0.29) is 6.04 Å². The van der Waals surface area contributed by atoms with Crippen molar-refractivity contribution in [3.8, 4) is 0 Å². The third kappa shape index (κ3) is 2.82. The van der Waals surface area contributed by atoms with Gasteiger partial charge in [-0.3, -0.25) is 4.40 Å². The Hall–Kier alpha value is -1.11. The summed E-state index contributed by atoms with van der Waals surface area (Å²) in [6.07, 6.45) is 7.81. The second-order valence-corrected chi connectivity index (χ2v) is 6.28. The number of hydrogen-bond donors (Lipinski definition) is 1. The first-order valence-corrected chi connectivity index (χ1v) is 8.32. The molecule has 4 nitrogen and oxygen atoms in total. The molecule has 3 rings (SSSR count). The van der Waals surface area contributed by atoms with Gasteiger partial charge in [0.15, 0.2) is 9.63 Å². The van der Waals surface area contributed by atoms with E-state index in [0.717, 1.165) is 40.3 Å². The second-order valence-electron chi connectivity index (χ2n) is 4.69. The monoisotopic (exact) mass is 353 g/mol. The Kier molecular flexibility index (Phi) is 4.24. The summed E-state index contributed by atoms with van der Waals surface area (Å²) in [6, 6.07) is 2.23. The number of fused-ring (bicyclic) bond motifs is 1. The number of rotatable bonds is 6. The van der Waals surface area contributed by atoms with Gasteiger partial charge in [0, 0.05) is 35.8 Å². The van der Waals surface area contributed by atoms with Crippen molar-refractivity contribution in [3.63, 3.8) is 0 Å². The molecular formula is C14H16BrN3OS. The molecule has 0 spiro atoms. The summed E-state index contributed by atoms with van der Waals surface area (Å²) in [5.41, 5.74) is 2.24. The fourth-order valence-corrected chi connectivity index (χ4v) is 3.48. The summed E-state index contributed by atoms with van der Waals surface area (Å²) >= 11 is 5.13. The Morgan fingerprint density at radius 3 is 3.15 bits per heavy atom. The van der Waals surface area contributed by atoms with Crippen LogP contribution in [0.1, 0.15) is 30.6 Å². The van der Waals surface area contributed by atoms with Crippen LogP contribution in [-0.2, 0) is 6.42 Å². The summed E-state index contributed by atoms with van der Waals surface area (Å²) in [5, 5.41) is 5.61. The molecular weight excluding hydrogens is 338 g/mol. The first-order chi connectivity index (χ1) is 9.78. The van der Waals surface area contributed by atoms with Crippen LogP contribution in [0.2, 0.25) is 0 Å². The van der Waals surface area contributed by atoms with Crippen LogP contribution in [0.3, 0.4) is 0 Å². The topological polar surface area (TPSA) is 42.5 Å². The van der Waals surface area contributed by atoms with Crippen LogP contribution in [0, 0.1) is 0 Å². The number of aromatic nitrogens is 2. The molecule has 106 valence electrons. The highest BCUT2D eigenvalue weighted by Crippen LogP contribution is 2.27. The summed E-state index contributed by atoms with van der Waals surface area (Å²) in [7, 11) is 0. The van der Waals surface area contributed by atoms with E-state index in [1.807, 2.05) is 17.6 Å². The maximum Gasteiger partial charge on any atom is 0.193 e. The molecule has 1 atom stereocenters. The Morgan fingerprint density at radius 2 is 2.45 bits per heavy atom. The molecule has 6 heteroatoms. The number of furan rings is 1. The van der Waals surface area contributed by atoms with Crippen LogP contribution in [0.4, 0.5) is 0 Å². The Morgan fingerprint density at radius 1 is 1.55 bits per heavy atom. The molecule has 0 aliphatic carbocycles. The van der Waals surface area contributed by atoms with Crippen LogP contribution >= 0.6 is 27.3 Å². The van der Waals surface area contributed by atoms with E-state index in [2.05, 4.69) is 43.8 Å². The Bertz CT molecular complexity index is 659. The molecule has 3 aromatic rings. The third-order valence-corrected chi connectivity index (χ3v) is 4.63. The molecule has 20 heavy (non-hydrogen) atoms. The highest BCUT2D eigenvalue weighted by molar-refractivity contribution is 9.10. The number of hydrogen-bond acceptors (Lipinski definition) is 4. The van der Waals surface area contributed by atoms with Crippen LogP contribution in [0.25, 0.3) is 4.96 Å². The third-order valence-electron chi connectivity index (χ3n) is 3.22. The molecule has 1 N–H and O–H groups in total. The molecule has 0 aromatic carbocycles. The molecule has 0 bridgehead atoms. The van der Waals surface area contributed by atoms with Crippen molar-refractivity contribution >= 4 is 32.2 Å². The fraction of sp³-hybridized carbons (Fsp3) is 0.357. The van der Waals surface area contributed by atoms with E-state index < -0.39 is 0 Å². The van der Waals surface area contributed by atoms with Crippen molar-refractivity contribution in [2.45, 2.75) is 25.8 Å². The number of nitrogens with one attached hydrogen (secondary N) is 1. The van der Waals surface area contributed by atoms with Gasteiger partial charge in [-0.25, -0.2) is 4.98 Å². The predicted octanol–water partition coefficient (Wildman–Crippen LogP) is 4.03. The van der Waals surface area contributed by atoms with Gasteiger partial charge in [-0.15, -0.1) is 11.3 Å². The molecule has 0 aliphatic heterocycles. The van der Waals surface area contributed by atoms with Gasteiger partial charge in [0.2, 0.25) is 0 Å². The van der Waals surface area contributed by atoms with Gasteiger partial charge in [-0.05, 0) is 35.0 Å². The van der Waals surface area contributed by atoms with Crippen molar-refractivity contribution in [1.29, 1.82) is 0 Å². The summed E-state index contributed by atoms with van der Waals surface area (Å²) < 4.78 is 8.23. The van der Waals surface area contributed by atoms with Crippen molar-refractivity contribution in [2.24, 2.45) is 0 Å². The van der Waals surface area contributed by atoms with Gasteiger partial charge < -0.3 is 9.73 Å². The largest absolute Gasteiger partial charge is 0.457 e. The lowest BCUT2D eigenvalue weighted by Crippen LogP contribution is -2.24. The van der Waals surface area contributed by atoms with Gasteiger partial charge in [0.25, 0.3) is 0 Å². The Balaban J connectivity index is 1.82. The highest BCUT2D eigenvalue weighted by Gasteiger charge is 2.18. The summed E-state index contributed by atoms with van der Waals surface area (Å²) in [4.78, 5) is 5.70. The van der Waals surface area contributed by atoms with E-state index in [1.54, 1.807) is 17.6 Å². The van der Waals surface area contributed by atoms with Gasteiger partial charge in [-0.1, -0.05) is 6.92 Å². The van der Waals surface area contributed by atoms with Gasteiger partial charge in [-0.2, -0.15) is 0 Å². The zero-order chi connectivity index (χ0) is 13.9. The maximum atomic E-state index is 5.36. The minimum absolute atomic E-state index is 0.215. The molecule has 0 radical (unpaired) electrons. The van der Waals surface area contributed by atoms with Crippen LogP contribution in [-0.4, -0.2) is 15.9 Å². The Labute approximate surface area is 130 Å². The zero-order valence-corrected chi connectivity index (χ0v) is 13.6. The molecule has 3 heterocycles. The number of nitrogens with zero attached hydrogens (tertiary/aromatic N) is 2. The average Bonchev–Trinajstić information content (AvgIpc) is 3.10. The normalized spacial score (nSPS) is 13.1. The molecule has 0 amide bonds. The quantitative estimate of drug-likeness (QED) is 0.727. The smallest absolute Gasteiger partial charge is 0.193 e.